The van der Waals surface area contributed by atoms with E-state index in [1.165, 1.54) is 12.8 Å². The molecule has 3 heterocycles. The molecule has 5 rings (SSSR count). The molecule has 0 aliphatic heterocycles. The van der Waals surface area contributed by atoms with E-state index in [4.69, 9.17) is 4.98 Å². The van der Waals surface area contributed by atoms with E-state index >= 15 is 0 Å². The van der Waals surface area contributed by atoms with E-state index in [0.29, 0.717) is 5.92 Å². The molecule has 0 unspecified atom stereocenters. The Morgan fingerprint density at radius 2 is 1.84 bits per heavy atom. The van der Waals surface area contributed by atoms with Gasteiger partial charge in [0, 0.05) is 21.6 Å². The van der Waals surface area contributed by atoms with Gasteiger partial charge in [0.15, 0.2) is 17.1 Å². The number of hydrogen-bond acceptors (Lipinski definition) is 4. The first-order valence-electron chi connectivity index (χ1n) is 8.41. The van der Waals surface area contributed by atoms with Crippen LogP contribution in [0.4, 0.5) is 0 Å². The molecule has 1 aromatic carbocycles. The zero-order valence-corrected chi connectivity index (χ0v) is 15.6. The lowest BCUT2D eigenvalue weighted by molar-refractivity contribution is 1.01. The number of halogens is 1. The summed E-state index contributed by atoms with van der Waals surface area (Å²) in [5, 5.41) is 8.88. The molecule has 124 valence electrons. The highest BCUT2D eigenvalue weighted by Gasteiger charge is 2.26. The van der Waals surface area contributed by atoms with Gasteiger partial charge in [0.2, 0.25) is 0 Å². The molecule has 0 radical (unpaired) electrons. The Labute approximate surface area is 153 Å². The maximum absolute atomic E-state index is 4.93. The van der Waals surface area contributed by atoms with E-state index in [1.54, 1.807) is 0 Å². The molecular weight excluding hydrogens is 378 g/mol. The van der Waals surface area contributed by atoms with Crippen LogP contribution in [0.3, 0.4) is 0 Å². The summed E-state index contributed by atoms with van der Waals surface area (Å²) in [6.07, 6.45) is 2.45. The van der Waals surface area contributed by atoms with Crippen molar-refractivity contribution >= 4 is 32.7 Å². The fraction of sp³-hybridized carbons (Fsp3) is 0.263. The van der Waals surface area contributed by atoms with Crippen LogP contribution in [0, 0.1) is 13.8 Å². The number of rotatable bonds is 2. The van der Waals surface area contributed by atoms with Crippen molar-refractivity contribution in [1.29, 1.82) is 0 Å². The maximum Gasteiger partial charge on any atom is 0.184 e. The van der Waals surface area contributed by atoms with Crippen LogP contribution in [0.15, 0.2) is 34.8 Å². The Bertz CT molecular complexity index is 1140. The van der Waals surface area contributed by atoms with Gasteiger partial charge in [-0.2, -0.15) is 0 Å². The van der Waals surface area contributed by atoms with Crippen LogP contribution in [0.25, 0.3) is 28.2 Å². The lowest BCUT2D eigenvalue weighted by atomic mass is 10.1. The second-order valence-corrected chi connectivity index (χ2v) is 7.61. The summed E-state index contributed by atoms with van der Waals surface area (Å²) in [5.74, 6) is 1.40. The van der Waals surface area contributed by atoms with Gasteiger partial charge in [0.25, 0.3) is 0 Å². The van der Waals surface area contributed by atoms with Gasteiger partial charge in [-0.3, -0.25) is 4.40 Å². The van der Waals surface area contributed by atoms with Crippen LogP contribution in [-0.4, -0.2) is 24.6 Å². The maximum atomic E-state index is 4.93. The fourth-order valence-electron chi connectivity index (χ4n) is 3.27. The van der Waals surface area contributed by atoms with Crippen LogP contribution in [0.1, 0.15) is 35.7 Å². The monoisotopic (exact) mass is 393 g/mol. The smallest absolute Gasteiger partial charge is 0.184 e. The highest BCUT2D eigenvalue weighted by atomic mass is 79.9. The predicted octanol–water partition coefficient (Wildman–Crippen LogP) is 4.60. The van der Waals surface area contributed by atoms with E-state index in [1.807, 2.05) is 13.0 Å². The normalized spacial score (nSPS) is 14.5. The Hall–Kier alpha value is -2.34. The third kappa shape index (κ3) is 2.35. The van der Waals surface area contributed by atoms with Crippen LogP contribution in [0.5, 0.6) is 0 Å². The quantitative estimate of drug-likeness (QED) is 0.499. The SMILES string of the molecule is Cc1ccc(Br)cc1-c1nnc2c(C)nc3ccc(C4CC4)nc3n12. The molecule has 5 nitrogen and oxygen atoms in total. The summed E-state index contributed by atoms with van der Waals surface area (Å²) < 4.78 is 3.07. The van der Waals surface area contributed by atoms with Crippen LogP contribution >= 0.6 is 15.9 Å². The van der Waals surface area contributed by atoms with E-state index in [0.717, 1.165) is 49.6 Å². The number of nitrogens with zero attached hydrogens (tertiary/aromatic N) is 5. The van der Waals surface area contributed by atoms with Crippen molar-refractivity contribution in [2.75, 3.05) is 0 Å². The number of aryl methyl sites for hydroxylation is 2. The van der Waals surface area contributed by atoms with Crippen LogP contribution < -0.4 is 0 Å². The van der Waals surface area contributed by atoms with Crippen molar-refractivity contribution in [1.82, 2.24) is 24.6 Å². The summed E-state index contributed by atoms with van der Waals surface area (Å²) >= 11 is 3.56. The lowest BCUT2D eigenvalue weighted by Crippen LogP contribution is -2.01. The second kappa shape index (κ2) is 5.33. The van der Waals surface area contributed by atoms with E-state index in [2.05, 4.69) is 66.7 Å². The van der Waals surface area contributed by atoms with E-state index < -0.39 is 0 Å². The Balaban J connectivity index is 1.89. The third-order valence-electron chi connectivity index (χ3n) is 4.80. The number of aromatic nitrogens is 5. The minimum absolute atomic E-state index is 0.591. The van der Waals surface area contributed by atoms with Gasteiger partial charge in [-0.1, -0.05) is 22.0 Å². The average molecular weight is 394 g/mol. The first-order valence-corrected chi connectivity index (χ1v) is 9.20. The minimum Gasteiger partial charge on any atom is -0.255 e. The van der Waals surface area contributed by atoms with Crippen molar-refractivity contribution in [3.63, 3.8) is 0 Å². The van der Waals surface area contributed by atoms with Crippen molar-refractivity contribution in [3.8, 4) is 11.4 Å². The Morgan fingerprint density at radius 3 is 2.64 bits per heavy atom. The second-order valence-electron chi connectivity index (χ2n) is 6.69. The molecular formula is C19H16BrN5. The molecule has 1 aliphatic carbocycles. The fourth-order valence-corrected chi connectivity index (χ4v) is 3.63. The van der Waals surface area contributed by atoms with Crippen LogP contribution in [0.2, 0.25) is 0 Å². The summed E-state index contributed by atoms with van der Waals surface area (Å²) in [7, 11) is 0. The Kier molecular flexibility index (Phi) is 3.19. The van der Waals surface area contributed by atoms with Crippen molar-refractivity contribution in [2.24, 2.45) is 0 Å². The molecule has 0 atom stereocenters. The molecule has 25 heavy (non-hydrogen) atoms. The summed E-state index contributed by atoms with van der Waals surface area (Å²) in [6.45, 7) is 4.05. The molecule has 0 spiro atoms. The van der Waals surface area contributed by atoms with Gasteiger partial charge < -0.3 is 0 Å². The molecule has 1 saturated carbocycles. The minimum atomic E-state index is 0.591. The van der Waals surface area contributed by atoms with E-state index in [9.17, 15) is 0 Å². The van der Waals surface area contributed by atoms with E-state index in [-0.39, 0.29) is 0 Å². The van der Waals surface area contributed by atoms with Crippen LogP contribution in [-0.2, 0) is 0 Å². The average Bonchev–Trinajstić information content (AvgIpc) is 3.35. The Morgan fingerprint density at radius 1 is 1.00 bits per heavy atom. The molecule has 0 N–H and O–H groups in total. The first-order chi connectivity index (χ1) is 12.1. The van der Waals surface area contributed by atoms with Crippen molar-refractivity contribution < 1.29 is 0 Å². The molecule has 1 aliphatic rings. The van der Waals surface area contributed by atoms with Crippen molar-refractivity contribution in [3.05, 3.63) is 51.8 Å². The number of benzene rings is 1. The number of fused-ring (bicyclic) bond motifs is 3. The molecule has 0 bridgehead atoms. The summed E-state index contributed by atoms with van der Waals surface area (Å²) in [6, 6.07) is 10.4. The standard InChI is InChI=1S/C19H16BrN5/c1-10-3-6-13(20)9-14(10)18-24-23-17-11(2)21-16-8-7-15(12-4-5-12)22-19(16)25(17)18/h3,6-9,12H,4-5H2,1-2H3. The lowest BCUT2D eigenvalue weighted by Gasteiger charge is -2.09. The van der Waals surface area contributed by atoms with Gasteiger partial charge in [-0.25, -0.2) is 9.97 Å². The molecule has 3 aromatic heterocycles. The molecule has 6 heteroatoms. The third-order valence-corrected chi connectivity index (χ3v) is 5.29. The van der Waals surface area contributed by atoms with Gasteiger partial charge in [-0.05, 0) is 56.5 Å². The number of hydrogen-bond donors (Lipinski definition) is 0. The molecule has 1 fully saturated rings. The van der Waals surface area contributed by atoms with Gasteiger partial charge >= 0.3 is 0 Å². The van der Waals surface area contributed by atoms with Gasteiger partial charge in [0.1, 0.15) is 5.52 Å². The van der Waals surface area contributed by atoms with Gasteiger partial charge in [0.05, 0.1) is 5.69 Å². The highest BCUT2D eigenvalue weighted by Crippen LogP contribution is 2.39. The molecule has 0 saturated heterocycles. The zero-order valence-electron chi connectivity index (χ0n) is 14.0. The summed E-state index contributed by atoms with van der Waals surface area (Å²) in [5.41, 5.74) is 6.69. The van der Waals surface area contributed by atoms with Crippen molar-refractivity contribution in [2.45, 2.75) is 32.6 Å². The molecule has 4 aromatic rings. The summed E-state index contributed by atoms with van der Waals surface area (Å²) in [4.78, 5) is 9.60. The highest BCUT2D eigenvalue weighted by molar-refractivity contribution is 9.10. The number of pyridine rings is 1. The zero-order chi connectivity index (χ0) is 17.1. The predicted molar refractivity (Wildman–Crippen MR) is 101 cm³/mol. The largest absolute Gasteiger partial charge is 0.255 e. The first kappa shape index (κ1) is 15.0. The topological polar surface area (TPSA) is 56.0 Å². The van der Waals surface area contributed by atoms with Gasteiger partial charge in [-0.15, -0.1) is 10.2 Å². The molecule has 0 amide bonds.